The van der Waals surface area contributed by atoms with Gasteiger partial charge in [0.1, 0.15) is 6.54 Å². The lowest BCUT2D eigenvalue weighted by atomic mass is 10.0. The fourth-order valence-corrected chi connectivity index (χ4v) is 3.09. The summed E-state index contributed by atoms with van der Waals surface area (Å²) in [5.74, 6) is 0.550. The summed E-state index contributed by atoms with van der Waals surface area (Å²) in [4.78, 5) is 13.8. The Balaban J connectivity index is 1.51. The highest BCUT2D eigenvalue weighted by molar-refractivity contribution is 5.96. The molecule has 1 aliphatic rings. The van der Waals surface area contributed by atoms with Crippen molar-refractivity contribution in [1.82, 2.24) is 20.2 Å². The van der Waals surface area contributed by atoms with Crippen molar-refractivity contribution < 1.29 is 4.79 Å². The second-order valence-electron chi connectivity index (χ2n) is 6.27. The number of Topliss-reactive ketones (excluding diaryl/α,β-unsaturated/α-hetero) is 1. The molecule has 5 nitrogen and oxygen atoms in total. The fourth-order valence-electron chi connectivity index (χ4n) is 3.09. The molecule has 0 fully saturated rings. The molecule has 4 rings (SSSR count). The van der Waals surface area contributed by atoms with E-state index in [2.05, 4.69) is 21.5 Å². The number of hydrogen-bond donors (Lipinski definition) is 0. The summed E-state index contributed by atoms with van der Waals surface area (Å²) in [6, 6.07) is 13.9. The molecule has 0 atom stereocenters. The molecular formula is C19H18N4O. The molecule has 0 aliphatic heterocycles. The van der Waals surface area contributed by atoms with Gasteiger partial charge in [-0.25, -0.2) is 0 Å². The molecular weight excluding hydrogens is 300 g/mol. The van der Waals surface area contributed by atoms with Gasteiger partial charge in [0.25, 0.3) is 0 Å². The van der Waals surface area contributed by atoms with Crippen LogP contribution in [-0.4, -0.2) is 26.0 Å². The smallest absolute Gasteiger partial charge is 0.204 e. The molecule has 0 amide bonds. The van der Waals surface area contributed by atoms with Crippen LogP contribution in [0, 0.1) is 6.92 Å². The summed E-state index contributed by atoms with van der Waals surface area (Å²) >= 11 is 0. The third kappa shape index (κ3) is 2.85. The zero-order valence-corrected chi connectivity index (χ0v) is 13.6. The minimum absolute atomic E-state index is 0.0116. The molecule has 120 valence electrons. The molecule has 1 heterocycles. The van der Waals surface area contributed by atoms with Crippen molar-refractivity contribution in [1.29, 1.82) is 0 Å². The van der Waals surface area contributed by atoms with Crippen molar-refractivity contribution in [2.24, 2.45) is 0 Å². The third-order valence-corrected chi connectivity index (χ3v) is 4.47. The number of fused-ring (bicyclic) bond motifs is 1. The van der Waals surface area contributed by atoms with Gasteiger partial charge in [-0.2, -0.15) is 4.80 Å². The number of aryl methyl sites for hydroxylation is 3. The van der Waals surface area contributed by atoms with E-state index in [-0.39, 0.29) is 12.3 Å². The molecule has 1 aromatic heterocycles. The molecule has 0 spiro atoms. The van der Waals surface area contributed by atoms with Gasteiger partial charge in [0.15, 0.2) is 5.78 Å². The van der Waals surface area contributed by atoms with Crippen LogP contribution in [-0.2, 0) is 19.4 Å². The van der Waals surface area contributed by atoms with Gasteiger partial charge in [-0.1, -0.05) is 42.0 Å². The molecule has 0 saturated carbocycles. The third-order valence-electron chi connectivity index (χ3n) is 4.47. The van der Waals surface area contributed by atoms with Crippen LogP contribution in [0.5, 0.6) is 0 Å². The van der Waals surface area contributed by atoms with Gasteiger partial charge in [-0.05, 0) is 48.6 Å². The van der Waals surface area contributed by atoms with Crippen LogP contribution >= 0.6 is 0 Å². The number of benzene rings is 2. The van der Waals surface area contributed by atoms with Gasteiger partial charge in [-0.15, -0.1) is 10.2 Å². The van der Waals surface area contributed by atoms with Gasteiger partial charge in [-0.3, -0.25) is 4.79 Å². The van der Waals surface area contributed by atoms with Crippen molar-refractivity contribution >= 4 is 5.78 Å². The Morgan fingerprint density at radius 1 is 1.08 bits per heavy atom. The van der Waals surface area contributed by atoms with Gasteiger partial charge in [0.05, 0.1) is 0 Å². The van der Waals surface area contributed by atoms with E-state index in [1.807, 2.05) is 43.3 Å². The maximum absolute atomic E-state index is 12.5. The molecule has 0 bridgehead atoms. The van der Waals surface area contributed by atoms with Gasteiger partial charge >= 0.3 is 0 Å². The standard InChI is InChI=1S/C19H18N4O/c1-13-5-7-15(8-6-13)19-20-22-23(21-19)12-18(24)17-10-9-14-3-2-4-16(14)11-17/h5-11H,2-4,12H2,1H3. The van der Waals surface area contributed by atoms with E-state index in [1.165, 1.54) is 27.9 Å². The first-order chi connectivity index (χ1) is 11.7. The lowest BCUT2D eigenvalue weighted by Crippen LogP contribution is -2.13. The number of aromatic nitrogens is 4. The summed E-state index contributed by atoms with van der Waals surface area (Å²) in [6.45, 7) is 2.14. The highest BCUT2D eigenvalue weighted by Crippen LogP contribution is 2.23. The Morgan fingerprint density at radius 2 is 1.88 bits per heavy atom. The Labute approximate surface area is 140 Å². The number of carbonyl (C=O) groups excluding carboxylic acids is 1. The van der Waals surface area contributed by atoms with E-state index in [4.69, 9.17) is 0 Å². The zero-order chi connectivity index (χ0) is 16.5. The first kappa shape index (κ1) is 14.8. The van der Waals surface area contributed by atoms with Crippen molar-refractivity contribution in [3.8, 4) is 11.4 Å². The monoisotopic (exact) mass is 318 g/mol. The van der Waals surface area contributed by atoms with Crippen LogP contribution in [0.25, 0.3) is 11.4 Å². The first-order valence-electron chi connectivity index (χ1n) is 8.19. The predicted octanol–water partition coefficient (Wildman–Crippen LogP) is 3.02. The number of nitrogens with zero attached hydrogens (tertiary/aromatic N) is 4. The number of hydrogen-bond acceptors (Lipinski definition) is 4. The van der Waals surface area contributed by atoms with E-state index < -0.39 is 0 Å². The van der Waals surface area contributed by atoms with E-state index >= 15 is 0 Å². The largest absolute Gasteiger partial charge is 0.292 e. The molecule has 2 aromatic carbocycles. The Kier molecular flexibility index (Phi) is 3.69. The second-order valence-corrected chi connectivity index (χ2v) is 6.27. The van der Waals surface area contributed by atoms with Crippen LogP contribution in [0.1, 0.15) is 33.5 Å². The van der Waals surface area contributed by atoms with Crippen LogP contribution in [0.3, 0.4) is 0 Å². The van der Waals surface area contributed by atoms with E-state index in [9.17, 15) is 4.79 Å². The Hall–Kier alpha value is -2.82. The Bertz CT molecular complexity index is 896. The number of tetrazole rings is 1. The fraction of sp³-hybridized carbons (Fsp3) is 0.263. The maximum Gasteiger partial charge on any atom is 0.204 e. The average Bonchev–Trinajstić information content (AvgIpc) is 3.24. The quantitative estimate of drug-likeness (QED) is 0.694. The maximum atomic E-state index is 12.5. The molecule has 5 heteroatoms. The zero-order valence-electron chi connectivity index (χ0n) is 13.6. The van der Waals surface area contributed by atoms with Crippen LogP contribution in [0.15, 0.2) is 42.5 Å². The average molecular weight is 318 g/mol. The predicted molar refractivity (Wildman–Crippen MR) is 90.8 cm³/mol. The molecule has 3 aromatic rings. The lowest BCUT2D eigenvalue weighted by Gasteiger charge is -2.03. The van der Waals surface area contributed by atoms with Crippen molar-refractivity contribution in [2.75, 3.05) is 0 Å². The van der Waals surface area contributed by atoms with Gasteiger partial charge in [0.2, 0.25) is 5.82 Å². The topological polar surface area (TPSA) is 60.7 Å². The number of carbonyl (C=O) groups is 1. The van der Waals surface area contributed by atoms with Crippen LogP contribution < -0.4 is 0 Å². The van der Waals surface area contributed by atoms with Crippen LogP contribution in [0.2, 0.25) is 0 Å². The SMILES string of the molecule is Cc1ccc(-c2nnn(CC(=O)c3ccc4c(c3)CCC4)n2)cc1. The number of rotatable bonds is 4. The molecule has 0 unspecified atom stereocenters. The summed E-state index contributed by atoms with van der Waals surface area (Å²) < 4.78 is 0. The summed E-state index contributed by atoms with van der Waals surface area (Å²) in [5, 5.41) is 12.4. The minimum Gasteiger partial charge on any atom is -0.292 e. The molecule has 24 heavy (non-hydrogen) atoms. The van der Waals surface area contributed by atoms with Gasteiger partial charge < -0.3 is 0 Å². The Morgan fingerprint density at radius 3 is 2.71 bits per heavy atom. The first-order valence-corrected chi connectivity index (χ1v) is 8.19. The lowest BCUT2D eigenvalue weighted by molar-refractivity contribution is 0.0961. The molecule has 1 aliphatic carbocycles. The van der Waals surface area contributed by atoms with E-state index in [1.54, 1.807) is 0 Å². The van der Waals surface area contributed by atoms with Crippen molar-refractivity contribution in [3.05, 3.63) is 64.7 Å². The molecule has 0 N–H and O–H groups in total. The molecule has 0 radical (unpaired) electrons. The summed E-state index contributed by atoms with van der Waals surface area (Å²) in [6.07, 6.45) is 3.36. The van der Waals surface area contributed by atoms with E-state index in [0.717, 1.165) is 24.0 Å². The molecule has 0 saturated heterocycles. The normalized spacial score (nSPS) is 13.0. The highest BCUT2D eigenvalue weighted by Gasteiger charge is 2.15. The number of ketones is 1. The second kappa shape index (κ2) is 6.00. The summed E-state index contributed by atoms with van der Waals surface area (Å²) in [7, 11) is 0. The van der Waals surface area contributed by atoms with Crippen LogP contribution in [0.4, 0.5) is 0 Å². The highest BCUT2D eigenvalue weighted by atomic mass is 16.1. The minimum atomic E-state index is 0.0116. The van der Waals surface area contributed by atoms with E-state index in [0.29, 0.717) is 5.82 Å². The van der Waals surface area contributed by atoms with Crippen molar-refractivity contribution in [2.45, 2.75) is 32.7 Å². The summed E-state index contributed by atoms with van der Waals surface area (Å²) in [5.41, 5.74) is 5.47. The van der Waals surface area contributed by atoms with Gasteiger partial charge in [0, 0.05) is 11.1 Å². The van der Waals surface area contributed by atoms with Crippen molar-refractivity contribution in [3.63, 3.8) is 0 Å².